The summed E-state index contributed by atoms with van der Waals surface area (Å²) in [7, 11) is -1.32. The molecule has 2 rings (SSSR count). The highest BCUT2D eigenvalue weighted by molar-refractivity contribution is 7.85. The molecule has 5 heteroatoms. The van der Waals surface area contributed by atoms with Crippen molar-refractivity contribution in [2.24, 2.45) is 0 Å². The fourth-order valence-electron chi connectivity index (χ4n) is 2.20. The van der Waals surface area contributed by atoms with Crippen LogP contribution >= 0.6 is 0 Å². The van der Waals surface area contributed by atoms with Gasteiger partial charge in [0.2, 0.25) is 0 Å². The van der Waals surface area contributed by atoms with Crippen LogP contribution in [0, 0.1) is 6.92 Å². The Kier molecular flexibility index (Phi) is 7.31. The molecule has 0 saturated carbocycles. The first kappa shape index (κ1) is 18.5. The van der Waals surface area contributed by atoms with Crippen LogP contribution in [0.1, 0.15) is 17.5 Å². The maximum absolute atomic E-state index is 12.2. The zero-order valence-corrected chi connectivity index (χ0v) is 14.5. The van der Waals surface area contributed by atoms with Crippen molar-refractivity contribution in [1.29, 1.82) is 0 Å². The van der Waals surface area contributed by atoms with Gasteiger partial charge in [-0.2, -0.15) is 0 Å². The summed E-state index contributed by atoms with van der Waals surface area (Å²) >= 11 is 0. The second-order valence-corrected chi connectivity index (χ2v) is 7.20. The number of aryl methyl sites for hydroxylation is 1. The lowest BCUT2D eigenvalue weighted by molar-refractivity contribution is -0.125. The Morgan fingerprint density at radius 2 is 1.79 bits per heavy atom. The van der Waals surface area contributed by atoms with E-state index >= 15 is 0 Å². The van der Waals surface area contributed by atoms with E-state index < -0.39 is 16.9 Å². The summed E-state index contributed by atoms with van der Waals surface area (Å²) in [5, 5.41) is 9.95. The minimum absolute atomic E-state index is 0.0491. The number of hydrogen-bond donors (Lipinski definition) is 1. The molecule has 128 valence electrons. The lowest BCUT2D eigenvalue weighted by Crippen LogP contribution is -2.23. The van der Waals surface area contributed by atoms with Gasteiger partial charge in [-0.3, -0.25) is 9.00 Å². The van der Waals surface area contributed by atoms with Gasteiger partial charge in [0.05, 0.1) is 29.3 Å². The normalized spacial score (nSPS) is 13.4. The van der Waals surface area contributed by atoms with Gasteiger partial charge in [0.15, 0.2) is 5.78 Å². The van der Waals surface area contributed by atoms with Crippen LogP contribution in [0.15, 0.2) is 59.5 Å². The van der Waals surface area contributed by atoms with E-state index in [4.69, 9.17) is 4.74 Å². The van der Waals surface area contributed by atoms with E-state index in [2.05, 4.69) is 0 Å². The quantitative estimate of drug-likeness (QED) is 0.758. The number of aliphatic hydroxyl groups is 1. The number of ether oxygens (including phenoxy) is 1. The lowest BCUT2D eigenvalue weighted by atomic mass is 10.2. The molecule has 0 aliphatic carbocycles. The van der Waals surface area contributed by atoms with Gasteiger partial charge in [-0.1, -0.05) is 48.0 Å². The molecule has 0 heterocycles. The van der Waals surface area contributed by atoms with Gasteiger partial charge in [0.25, 0.3) is 0 Å². The molecule has 0 fully saturated rings. The van der Waals surface area contributed by atoms with Crippen LogP contribution < -0.4 is 0 Å². The van der Waals surface area contributed by atoms with E-state index in [9.17, 15) is 14.1 Å². The van der Waals surface area contributed by atoms with E-state index in [1.54, 1.807) is 12.1 Å². The van der Waals surface area contributed by atoms with Crippen LogP contribution in [-0.4, -0.2) is 33.6 Å². The molecular formula is C19H22O4S. The zero-order chi connectivity index (χ0) is 17.4. The minimum atomic E-state index is -1.32. The predicted molar refractivity (Wildman–Crippen MR) is 94.2 cm³/mol. The number of Topliss-reactive ketones (excluding diaryl/α,β-unsaturated/α-hetero) is 1. The average molecular weight is 346 g/mol. The summed E-state index contributed by atoms with van der Waals surface area (Å²) in [5.41, 5.74) is 2.08. The molecule has 0 saturated heterocycles. The molecule has 24 heavy (non-hydrogen) atoms. The van der Waals surface area contributed by atoms with Gasteiger partial charge in [0.1, 0.15) is 6.61 Å². The Bertz CT molecular complexity index is 668. The first-order valence-corrected chi connectivity index (χ1v) is 9.13. The predicted octanol–water partition coefficient (Wildman–Crippen LogP) is 2.64. The highest BCUT2D eigenvalue weighted by atomic mass is 32.2. The first-order valence-electron chi connectivity index (χ1n) is 7.81. The molecular weight excluding hydrogens is 324 g/mol. The molecule has 0 radical (unpaired) electrons. The summed E-state index contributed by atoms with van der Waals surface area (Å²) in [4.78, 5) is 12.5. The summed E-state index contributed by atoms with van der Waals surface area (Å²) in [6, 6.07) is 16.9. The smallest absolute Gasteiger partial charge is 0.161 e. The van der Waals surface area contributed by atoms with E-state index in [0.29, 0.717) is 11.5 Å². The third-order valence-electron chi connectivity index (χ3n) is 3.47. The van der Waals surface area contributed by atoms with Crippen LogP contribution in [0.3, 0.4) is 0 Å². The number of aliphatic hydroxyl groups excluding tert-OH is 1. The second kappa shape index (κ2) is 9.47. The number of rotatable bonds is 9. The Hall–Kier alpha value is -1.82. The van der Waals surface area contributed by atoms with Gasteiger partial charge in [-0.05, 0) is 24.6 Å². The van der Waals surface area contributed by atoms with Gasteiger partial charge in [0, 0.05) is 11.3 Å². The van der Waals surface area contributed by atoms with Crippen molar-refractivity contribution >= 4 is 16.6 Å². The number of ketones is 1. The van der Waals surface area contributed by atoms with Crippen LogP contribution in [0.5, 0.6) is 0 Å². The molecule has 2 aromatic carbocycles. The average Bonchev–Trinajstić information content (AvgIpc) is 2.56. The van der Waals surface area contributed by atoms with Gasteiger partial charge >= 0.3 is 0 Å². The number of benzene rings is 2. The topological polar surface area (TPSA) is 63.6 Å². The van der Waals surface area contributed by atoms with E-state index in [1.165, 1.54) is 0 Å². The third kappa shape index (κ3) is 6.35. The molecule has 2 atom stereocenters. The van der Waals surface area contributed by atoms with Crippen molar-refractivity contribution in [3.63, 3.8) is 0 Å². The van der Waals surface area contributed by atoms with Gasteiger partial charge in [-0.15, -0.1) is 0 Å². The van der Waals surface area contributed by atoms with Crippen LogP contribution in [0.25, 0.3) is 0 Å². The van der Waals surface area contributed by atoms with Crippen molar-refractivity contribution < 1.29 is 18.8 Å². The van der Waals surface area contributed by atoms with E-state index in [-0.39, 0.29) is 24.6 Å². The summed E-state index contributed by atoms with van der Waals surface area (Å²) < 4.78 is 17.5. The molecule has 0 aliphatic rings. The van der Waals surface area contributed by atoms with Crippen LogP contribution in [-0.2, 0) is 26.9 Å². The second-order valence-electron chi connectivity index (χ2n) is 5.70. The molecule has 0 unspecified atom stereocenters. The largest absolute Gasteiger partial charge is 0.392 e. The Balaban J connectivity index is 1.71. The highest BCUT2D eigenvalue weighted by Crippen LogP contribution is 2.10. The Morgan fingerprint density at radius 1 is 1.12 bits per heavy atom. The van der Waals surface area contributed by atoms with Crippen LogP contribution in [0.4, 0.5) is 0 Å². The highest BCUT2D eigenvalue weighted by Gasteiger charge is 2.15. The Morgan fingerprint density at radius 3 is 2.46 bits per heavy atom. The fraction of sp³-hybridized carbons (Fsp3) is 0.316. The molecule has 0 amide bonds. The van der Waals surface area contributed by atoms with E-state index in [0.717, 1.165) is 11.1 Å². The summed E-state index contributed by atoms with van der Waals surface area (Å²) in [6.07, 6.45) is -0.980. The maximum atomic E-state index is 12.2. The maximum Gasteiger partial charge on any atom is 0.161 e. The summed E-state index contributed by atoms with van der Waals surface area (Å²) in [6.45, 7) is 2.26. The van der Waals surface area contributed by atoms with Crippen LogP contribution in [0.2, 0.25) is 0 Å². The Labute approximate surface area is 144 Å². The first-order chi connectivity index (χ1) is 11.5. The molecule has 0 spiro atoms. The molecule has 2 aromatic rings. The molecule has 0 aromatic heterocycles. The van der Waals surface area contributed by atoms with Gasteiger partial charge < -0.3 is 9.84 Å². The molecule has 0 bridgehead atoms. The molecule has 1 N–H and O–H groups in total. The third-order valence-corrected chi connectivity index (χ3v) is 4.95. The summed E-state index contributed by atoms with van der Waals surface area (Å²) in [5.74, 6) is -0.146. The van der Waals surface area contributed by atoms with Crippen molar-refractivity contribution in [3.8, 4) is 0 Å². The van der Waals surface area contributed by atoms with Crippen molar-refractivity contribution in [2.75, 3.05) is 12.4 Å². The SMILES string of the molecule is Cc1ccc([S@@](=O)C[C@H](O)CC(=O)COCc2ccccc2)cc1. The number of carbonyl (C=O) groups excluding carboxylic acids is 1. The fourth-order valence-corrected chi connectivity index (χ4v) is 3.30. The van der Waals surface area contributed by atoms with Crippen molar-refractivity contribution in [3.05, 3.63) is 65.7 Å². The number of hydrogen-bond acceptors (Lipinski definition) is 4. The zero-order valence-electron chi connectivity index (χ0n) is 13.7. The minimum Gasteiger partial charge on any atom is -0.392 e. The van der Waals surface area contributed by atoms with Crippen molar-refractivity contribution in [2.45, 2.75) is 31.0 Å². The lowest BCUT2D eigenvalue weighted by Gasteiger charge is -2.10. The van der Waals surface area contributed by atoms with E-state index in [1.807, 2.05) is 49.4 Å². The van der Waals surface area contributed by atoms with Crippen molar-refractivity contribution in [1.82, 2.24) is 0 Å². The molecule has 0 aliphatic heterocycles. The number of carbonyl (C=O) groups is 1. The molecule has 4 nitrogen and oxygen atoms in total. The monoisotopic (exact) mass is 346 g/mol. The standard InChI is InChI=1S/C19H22O4S/c1-15-7-9-19(10-8-15)24(22)14-18(21)11-17(20)13-23-12-16-5-3-2-4-6-16/h2-10,18,21H,11-14H2,1H3/t18-,24+/m1/s1. The van der Waals surface area contributed by atoms with Gasteiger partial charge in [-0.25, -0.2) is 0 Å².